The highest BCUT2D eigenvalue weighted by molar-refractivity contribution is 5.74. The van der Waals surface area contributed by atoms with Crippen LogP contribution in [0, 0.1) is 0 Å². The molecule has 0 rings (SSSR count). The number of hydrogen-bond acceptors (Lipinski definition) is 7. The van der Waals surface area contributed by atoms with Crippen LogP contribution in [-0.2, 0) is 19.0 Å². The van der Waals surface area contributed by atoms with E-state index in [0.717, 1.165) is 0 Å². The molecule has 0 bridgehead atoms. The van der Waals surface area contributed by atoms with Gasteiger partial charge in [-0.1, -0.05) is 0 Å². The van der Waals surface area contributed by atoms with Gasteiger partial charge in [-0.3, -0.25) is 0 Å². The topological polar surface area (TPSA) is 105 Å². The molecule has 0 aromatic carbocycles. The number of carbonyl (C=O) groups excluding carboxylic acids is 1. The second-order valence-electron chi connectivity index (χ2n) is 4.54. The summed E-state index contributed by atoms with van der Waals surface area (Å²) in [6, 6.07) is 0. The minimum atomic E-state index is -0.993. The number of aliphatic hydroxyl groups excluding tert-OH is 3. The van der Waals surface area contributed by atoms with Crippen molar-refractivity contribution in [1.29, 1.82) is 0 Å². The lowest BCUT2D eigenvalue weighted by molar-refractivity contribution is -0.166. The number of esters is 1. The van der Waals surface area contributed by atoms with Crippen molar-refractivity contribution in [2.75, 3.05) is 26.4 Å². The van der Waals surface area contributed by atoms with Gasteiger partial charge >= 0.3 is 5.97 Å². The average Bonchev–Trinajstić information content (AvgIpc) is 2.29. The molecule has 0 fully saturated rings. The van der Waals surface area contributed by atoms with Crippen molar-refractivity contribution in [3.63, 3.8) is 0 Å². The average molecular weight is 280 g/mol. The van der Waals surface area contributed by atoms with Crippen LogP contribution in [0.25, 0.3) is 0 Å². The van der Waals surface area contributed by atoms with E-state index in [-0.39, 0.29) is 26.4 Å². The van der Waals surface area contributed by atoms with Crippen molar-refractivity contribution in [3.05, 3.63) is 0 Å². The van der Waals surface area contributed by atoms with Gasteiger partial charge in [0.15, 0.2) is 6.10 Å². The quantitative estimate of drug-likeness (QED) is 0.444. The summed E-state index contributed by atoms with van der Waals surface area (Å²) in [6.07, 6.45) is -3.12. The Morgan fingerprint density at radius 2 is 1.42 bits per heavy atom. The van der Waals surface area contributed by atoms with Crippen molar-refractivity contribution in [1.82, 2.24) is 0 Å². The molecule has 4 atom stereocenters. The highest BCUT2D eigenvalue weighted by Crippen LogP contribution is 2.01. The van der Waals surface area contributed by atoms with Gasteiger partial charge in [0.25, 0.3) is 0 Å². The zero-order valence-electron chi connectivity index (χ0n) is 11.6. The Bertz CT molecular complexity index is 240. The minimum Gasteiger partial charge on any atom is -0.461 e. The van der Waals surface area contributed by atoms with E-state index in [9.17, 15) is 4.79 Å². The Hall–Kier alpha value is -0.730. The number of carbonyl (C=O) groups is 1. The fourth-order valence-corrected chi connectivity index (χ4v) is 1.08. The minimum absolute atomic E-state index is 0.0352. The van der Waals surface area contributed by atoms with Gasteiger partial charge in [-0.2, -0.15) is 0 Å². The second kappa shape index (κ2) is 10.1. The van der Waals surface area contributed by atoms with Gasteiger partial charge in [0.1, 0.15) is 6.61 Å². The lowest BCUT2D eigenvalue weighted by atomic mass is 10.3. The van der Waals surface area contributed by atoms with Crippen LogP contribution >= 0.6 is 0 Å². The standard InChI is InChI=1S/C12H24O7/c1-8(13)4-17-7-11(18-5-9(2)14)12(16)19-6-10(3)15/h8-11,13-15H,4-7H2,1-3H3. The summed E-state index contributed by atoms with van der Waals surface area (Å²) < 4.78 is 15.1. The van der Waals surface area contributed by atoms with Crippen LogP contribution in [0.3, 0.4) is 0 Å². The van der Waals surface area contributed by atoms with Crippen LogP contribution in [0.15, 0.2) is 0 Å². The first-order valence-corrected chi connectivity index (χ1v) is 6.23. The molecule has 0 spiro atoms. The molecule has 0 aromatic rings. The van der Waals surface area contributed by atoms with Crippen molar-refractivity contribution >= 4 is 5.97 Å². The van der Waals surface area contributed by atoms with Gasteiger partial charge in [0, 0.05) is 0 Å². The van der Waals surface area contributed by atoms with Crippen molar-refractivity contribution < 1.29 is 34.3 Å². The number of ether oxygens (including phenoxy) is 3. The van der Waals surface area contributed by atoms with Gasteiger partial charge in [0.05, 0.1) is 38.1 Å². The van der Waals surface area contributed by atoms with Crippen LogP contribution in [0.5, 0.6) is 0 Å². The molecule has 0 aliphatic carbocycles. The van der Waals surface area contributed by atoms with Crippen LogP contribution < -0.4 is 0 Å². The van der Waals surface area contributed by atoms with Crippen molar-refractivity contribution in [2.24, 2.45) is 0 Å². The zero-order chi connectivity index (χ0) is 14.8. The van der Waals surface area contributed by atoms with Crippen molar-refractivity contribution in [3.8, 4) is 0 Å². The van der Waals surface area contributed by atoms with E-state index in [1.54, 1.807) is 6.92 Å². The lowest BCUT2D eigenvalue weighted by Crippen LogP contribution is -2.35. The predicted octanol–water partition coefficient (Wildman–Crippen LogP) is -0.926. The third kappa shape index (κ3) is 10.8. The predicted molar refractivity (Wildman–Crippen MR) is 66.6 cm³/mol. The van der Waals surface area contributed by atoms with Crippen LogP contribution in [0.2, 0.25) is 0 Å². The monoisotopic (exact) mass is 280 g/mol. The third-order valence-electron chi connectivity index (χ3n) is 1.90. The molecule has 0 saturated carbocycles. The Morgan fingerprint density at radius 1 is 0.895 bits per heavy atom. The molecule has 0 aromatic heterocycles. The summed E-state index contributed by atoms with van der Waals surface area (Å²) in [5, 5.41) is 27.2. The van der Waals surface area contributed by atoms with Gasteiger partial charge in [-0.05, 0) is 20.8 Å². The first-order chi connectivity index (χ1) is 8.82. The van der Waals surface area contributed by atoms with Crippen LogP contribution in [-0.4, -0.2) is 72.1 Å². The fraction of sp³-hybridized carbons (Fsp3) is 0.917. The first kappa shape index (κ1) is 18.3. The van der Waals surface area contributed by atoms with E-state index in [2.05, 4.69) is 0 Å². The molecule has 4 unspecified atom stereocenters. The molecule has 19 heavy (non-hydrogen) atoms. The highest BCUT2D eigenvalue weighted by Gasteiger charge is 2.22. The largest absolute Gasteiger partial charge is 0.461 e. The van der Waals surface area contributed by atoms with E-state index in [0.29, 0.717) is 0 Å². The number of aliphatic hydroxyl groups is 3. The SMILES string of the molecule is CC(O)COCC(OCC(C)O)C(=O)OCC(C)O. The van der Waals surface area contributed by atoms with E-state index < -0.39 is 30.4 Å². The molecule has 7 heteroatoms. The summed E-state index contributed by atoms with van der Waals surface area (Å²) in [5.74, 6) is -0.674. The first-order valence-electron chi connectivity index (χ1n) is 6.23. The fourth-order valence-electron chi connectivity index (χ4n) is 1.08. The zero-order valence-corrected chi connectivity index (χ0v) is 11.6. The summed E-state index contributed by atoms with van der Waals surface area (Å²) in [5.41, 5.74) is 0. The van der Waals surface area contributed by atoms with E-state index in [1.165, 1.54) is 13.8 Å². The van der Waals surface area contributed by atoms with Crippen LogP contribution in [0.1, 0.15) is 20.8 Å². The van der Waals surface area contributed by atoms with Crippen LogP contribution in [0.4, 0.5) is 0 Å². The normalized spacial score (nSPS) is 17.6. The number of rotatable bonds is 10. The summed E-state index contributed by atoms with van der Waals surface area (Å²) >= 11 is 0. The molecule has 7 nitrogen and oxygen atoms in total. The Labute approximate surface area is 113 Å². The van der Waals surface area contributed by atoms with E-state index in [4.69, 9.17) is 29.5 Å². The lowest BCUT2D eigenvalue weighted by Gasteiger charge is -2.18. The number of hydrogen-bond donors (Lipinski definition) is 3. The molecular weight excluding hydrogens is 256 g/mol. The Kier molecular flexibility index (Phi) is 9.72. The Morgan fingerprint density at radius 3 is 1.89 bits per heavy atom. The smallest absolute Gasteiger partial charge is 0.337 e. The van der Waals surface area contributed by atoms with E-state index >= 15 is 0 Å². The van der Waals surface area contributed by atoms with E-state index in [1.807, 2.05) is 0 Å². The molecule has 114 valence electrons. The molecule has 0 saturated heterocycles. The third-order valence-corrected chi connectivity index (χ3v) is 1.90. The maximum Gasteiger partial charge on any atom is 0.337 e. The Balaban J connectivity index is 4.18. The van der Waals surface area contributed by atoms with Gasteiger partial charge in [-0.25, -0.2) is 4.79 Å². The maximum atomic E-state index is 11.7. The van der Waals surface area contributed by atoms with Gasteiger partial charge in [0.2, 0.25) is 0 Å². The molecule has 3 N–H and O–H groups in total. The molecule has 0 heterocycles. The molecule has 0 aliphatic heterocycles. The van der Waals surface area contributed by atoms with Gasteiger partial charge < -0.3 is 29.5 Å². The second-order valence-corrected chi connectivity index (χ2v) is 4.54. The van der Waals surface area contributed by atoms with Crippen molar-refractivity contribution in [2.45, 2.75) is 45.2 Å². The molecule has 0 radical (unpaired) electrons. The molecule has 0 amide bonds. The molecular formula is C12H24O7. The summed E-state index contributed by atoms with van der Waals surface area (Å²) in [4.78, 5) is 11.7. The highest BCUT2D eigenvalue weighted by atomic mass is 16.6. The summed E-state index contributed by atoms with van der Waals surface area (Å²) in [7, 11) is 0. The van der Waals surface area contributed by atoms with Gasteiger partial charge in [-0.15, -0.1) is 0 Å². The molecule has 0 aliphatic rings. The maximum absolute atomic E-state index is 11.7. The summed E-state index contributed by atoms with van der Waals surface area (Å²) in [6.45, 7) is 4.37.